The summed E-state index contributed by atoms with van der Waals surface area (Å²) >= 11 is 0. The minimum Gasteiger partial charge on any atom is -0.373 e. The largest absolute Gasteiger partial charge is 0.373 e. The van der Waals surface area contributed by atoms with Crippen LogP contribution in [0, 0.1) is 0 Å². The second kappa shape index (κ2) is 2.40. The van der Waals surface area contributed by atoms with Crippen molar-refractivity contribution >= 4 is 9.52 Å². The van der Waals surface area contributed by atoms with Gasteiger partial charge in [0.2, 0.25) is 0 Å². The molecule has 3 heteroatoms. The predicted molar refractivity (Wildman–Crippen MR) is 34.8 cm³/mol. The lowest BCUT2D eigenvalue weighted by Gasteiger charge is -1.89. The van der Waals surface area contributed by atoms with E-state index in [9.17, 15) is 0 Å². The summed E-state index contributed by atoms with van der Waals surface area (Å²) in [6.07, 6.45) is 1.25. The zero-order valence-corrected chi connectivity index (χ0v) is 6.30. The lowest BCUT2D eigenvalue weighted by atomic mass is 10.6. The molecule has 2 radical (unpaired) electrons. The van der Waals surface area contributed by atoms with Gasteiger partial charge in [-0.3, -0.25) is 0 Å². The Morgan fingerprint density at radius 1 is 1.11 bits per heavy atom. The molecule has 9 heavy (non-hydrogen) atoms. The molecule has 0 saturated carbocycles. The minimum atomic E-state index is 0.627. The minimum absolute atomic E-state index is 0.627. The van der Waals surface area contributed by atoms with Gasteiger partial charge in [0.05, 0.1) is 25.4 Å². The molecule has 2 fully saturated rings. The predicted octanol–water partition coefficient (Wildman–Crippen LogP) is 0.325. The Morgan fingerprint density at radius 3 is 1.89 bits per heavy atom. The lowest BCUT2D eigenvalue weighted by molar-refractivity contribution is 0.417. The first-order valence-corrected chi connectivity index (χ1v) is 4.80. The van der Waals surface area contributed by atoms with Gasteiger partial charge in [-0.25, -0.2) is 0 Å². The summed E-state index contributed by atoms with van der Waals surface area (Å²) in [6, 6.07) is 2.56. The highest BCUT2D eigenvalue weighted by molar-refractivity contribution is 6.36. The molecule has 0 aromatic carbocycles. The van der Waals surface area contributed by atoms with E-state index in [0.29, 0.717) is 12.2 Å². The number of epoxide rings is 2. The summed E-state index contributed by atoms with van der Waals surface area (Å²) in [7, 11) is 1.07. The van der Waals surface area contributed by atoms with Crippen LogP contribution >= 0.6 is 0 Å². The lowest BCUT2D eigenvalue weighted by Crippen LogP contribution is -1.98. The first-order chi connectivity index (χ1) is 4.45. The molecule has 0 spiro atoms. The monoisotopic (exact) mass is 142 g/mol. The quantitative estimate of drug-likeness (QED) is 0.417. The van der Waals surface area contributed by atoms with Gasteiger partial charge in [-0.15, -0.1) is 0 Å². The van der Waals surface area contributed by atoms with E-state index in [1.807, 2.05) is 0 Å². The normalized spacial score (nSPS) is 38.7. The third-order valence-electron chi connectivity index (χ3n) is 1.55. The number of hydrogen-bond donors (Lipinski definition) is 0. The van der Waals surface area contributed by atoms with Gasteiger partial charge in [-0.05, 0) is 12.1 Å². The average Bonchev–Trinajstić information content (AvgIpc) is 2.57. The van der Waals surface area contributed by atoms with Crippen molar-refractivity contribution in [2.45, 2.75) is 24.3 Å². The van der Waals surface area contributed by atoms with Gasteiger partial charge in [-0.1, -0.05) is 0 Å². The fourth-order valence-corrected chi connectivity index (χ4v) is 2.06. The van der Waals surface area contributed by atoms with Crippen molar-refractivity contribution in [3.8, 4) is 0 Å². The van der Waals surface area contributed by atoms with Crippen molar-refractivity contribution in [2.75, 3.05) is 13.2 Å². The summed E-state index contributed by atoms with van der Waals surface area (Å²) < 4.78 is 10.2. The van der Waals surface area contributed by atoms with Crippen LogP contribution in [0.25, 0.3) is 0 Å². The Bertz CT molecular complexity index is 87.2. The summed E-state index contributed by atoms with van der Waals surface area (Å²) in [5.41, 5.74) is 0. The van der Waals surface area contributed by atoms with Gasteiger partial charge >= 0.3 is 0 Å². The molecule has 2 aliphatic rings. The molecule has 0 aromatic heterocycles. The molecule has 2 heterocycles. The van der Waals surface area contributed by atoms with E-state index in [-0.39, 0.29) is 0 Å². The summed E-state index contributed by atoms with van der Waals surface area (Å²) in [5.74, 6) is 0. The highest BCUT2D eigenvalue weighted by atomic mass is 28.2. The highest BCUT2D eigenvalue weighted by Gasteiger charge is 2.25. The van der Waals surface area contributed by atoms with Crippen molar-refractivity contribution in [1.29, 1.82) is 0 Å². The van der Waals surface area contributed by atoms with Crippen molar-refractivity contribution in [2.24, 2.45) is 0 Å². The molecule has 2 unspecified atom stereocenters. The van der Waals surface area contributed by atoms with Gasteiger partial charge in [0.1, 0.15) is 0 Å². The van der Waals surface area contributed by atoms with E-state index >= 15 is 0 Å². The van der Waals surface area contributed by atoms with Crippen LogP contribution in [0.15, 0.2) is 0 Å². The van der Waals surface area contributed by atoms with Crippen LogP contribution in [0.1, 0.15) is 0 Å². The molecule has 2 atom stereocenters. The third-order valence-corrected chi connectivity index (χ3v) is 3.04. The molecule has 2 aliphatic heterocycles. The van der Waals surface area contributed by atoms with E-state index in [2.05, 4.69) is 0 Å². The summed E-state index contributed by atoms with van der Waals surface area (Å²) in [5, 5.41) is 0. The average molecular weight is 142 g/mol. The highest BCUT2D eigenvalue weighted by Crippen LogP contribution is 2.18. The van der Waals surface area contributed by atoms with Gasteiger partial charge in [0.25, 0.3) is 0 Å². The van der Waals surface area contributed by atoms with Crippen LogP contribution in [0.4, 0.5) is 0 Å². The Morgan fingerprint density at radius 2 is 1.56 bits per heavy atom. The van der Waals surface area contributed by atoms with Gasteiger partial charge in [-0.2, -0.15) is 0 Å². The van der Waals surface area contributed by atoms with Crippen molar-refractivity contribution in [3.05, 3.63) is 0 Å². The van der Waals surface area contributed by atoms with Crippen LogP contribution in [0.2, 0.25) is 12.1 Å². The molecule has 0 bridgehead atoms. The molecule has 50 valence electrons. The Balaban J connectivity index is 1.46. The maximum Gasteiger partial charge on any atom is 0.0782 e. The Kier molecular flexibility index (Phi) is 1.57. The zero-order chi connectivity index (χ0) is 6.10. The standard InChI is InChI=1S/C6H10O2Si/c1-5(7-1)3-9-4-6-2-8-6/h5-6H,1-4H2. The molecule has 2 rings (SSSR count). The maximum absolute atomic E-state index is 5.08. The van der Waals surface area contributed by atoms with E-state index in [4.69, 9.17) is 9.47 Å². The van der Waals surface area contributed by atoms with Crippen LogP contribution in [-0.4, -0.2) is 34.9 Å². The van der Waals surface area contributed by atoms with E-state index < -0.39 is 0 Å². The first-order valence-electron chi connectivity index (χ1n) is 3.39. The molecule has 0 aromatic rings. The second-order valence-electron chi connectivity index (χ2n) is 2.57. The molecule has 2 saturated heterocycles. The van der Waals surface area contributed by atoms with E-state index in [1.54, 1.807) is 0 Å². The van der Waals surface area contributed by atoms with Crippen molar-refractivity contribution in [1.82, 2.24) is 0 Å². The van der Waals surface area contributed by atoms with Crippen LogP contribution < -0.4 is 0 Å². The summed E-state index contributed by atoms with van der Waals surface area (Å²) in [4.78, 5) is 0. The molecular weight excluding hydrogens is 132 g/mol. The number of rotatable bonds is 4. The second-order valence-corrected chi connectivity index (χ2v) is 3.89. The fraction of sp³-hybridized carbons (Fsp3) is 1.00. The fourth-order valence-electron chi connectivity index (χ4n) is 0.777. The smallest absolute Gasteiger partial charge is 0.0782 e. The molecule has 0 N–H and O–H groups in total. The number of ether oxygens (including phenoxy) is 2. The molecular formula is C6H10O2Si. The topological polar surface area (TPSA) is 25.1 Å². The van der Waals surface area contributed by atoms with Crippen LogP contribution in [0.5, 0.6) is 0 Å². The van der Waals surface area contributed by atoms with Gasteiger partial charge < -0.3 is 9.47 Å². The summed E-state index contributed by atoms with van der Waals surface area (Å²) in [6.45, 7) is 2.02. The van der Waals surface area contributed by atoms with E-state index in [1.165, 1.54) is 12.1 Å². The maximum atomic E-state index is 5.08. The van der Waals surface area contributed by atoms with Gasteiger partial charge in [0, 0.05) is 9.52 Å². The Hall–Kier alpha value is 0.137. The first kappa shape index (κ1) is 5.89. The molecule has 0 aliphatic carbocycles. The number of hydrogen-bond acceptors (Lipinski definition) is 2. The van der Waals surface area contributed by atoms with Crippen molar-refractivity contribution in [3.63, 3.8) is 0 Å². The van der Waals surface area contributed by atoms with Crippen LogP contribution in [-0.2, 0) is 9.47 Å². The zero-order valence-electron chi connectivity index (χ0n) is 5.30. The molecule has 0 amide bonds. The van der Waals surface area contributed by atoms with Gasteiger partial charge in [0.15, 0.2) is 0 Å². The Labute approximate surface area is 57.4 Å². The van der Waals surface area contributed by atoms with E-state index in [0.717, 1.165) is 22.7 Å². The van der Waals surface area contributed by atoms with Crippen LogP contribution in [0.3, 0.4) is 0 Å². The third kappa shape index (κ3) is 2.08. The molecule has 2 nitrogen and oxygen atoms in total. The van der Waals surface area contributed by atoms with Crippen molar-refractivity contribution < 1.29 is 9.47 Å². The SMILES string of the molecule is C1OC1C[Si]CC1CO1.